The van der Waals surface area contributed by atoms with Gasteiger partial charge in [0.1, 0.15) is 5.69 Å². The maximum Gasteiger partial charge on any atom is 0.108 e. The summed E-state index contributed by atoms with van der Waals surface area (Å²) < 4.78 is 0. The van der Waals surface area contributed by atoms with Crippen molar-refractivity contribution < 1.29 is 5.11 Å². The molecule has 3 N–H and O–H groups in total. The van der Waals surface area contributed by atoms with Gasteiger partial charge in [0.25, 0.3) is 0 Å². The van der Waals surface area contributed by atoms with Crippen LogP contribution in [0.25, 0.3) is 0 Å². The van der Waals surface area contributed by atoms with Crippen LogP contribution in [0.2, 0.25) is 0 Å². The number of aliphatic hydroxyl groups excluding tert-OH is 1. The monoisotopic (exact) mass is 405 g/mol. The van der Waals surface area contributed by atoms with Crippen molar-refractivity contribution in [1.82, 2.24) is 10.2 Å². The van der Waals surface area contributed by atoms with Crippen LogP contribution in [0.5, 0.6) is 0 Å². The molecule has 0 bridgehead atoms. The van der Waals surface area contributed by atoms with Crippen LogP contribution < -0.4 is 5.32 Å². The number of nitroso groups, excluding NO2 is 1. The number of fused-ring (bicyclic) bond motifs is 1. The molecule has 1 aliphatic carbocycles. The summed E-state index contributed by atoms with van der Waals surface area (Å²) in [4.78, 5) is 13.1. The number of piperidine rings is 1. The maximum absolute atomic E-state index is 10.8. The van der Waals surface area contributed by atoms with Crippen LogP contribution in [0.3, 0.4) is 0 Å². The van der Waals surface area contributed by atoms with Crippen LogP contribution in [0.4, 0.5) is 5.69 Å². The number of nitrogens with one attached hydrogen (secondary N) is 2. The Bertz CT molecular complexity index is 937. The van der Waals surface area contributed by atoms with Crippen molar-refractivity contribution in [2.45, 2.75) is 37.3 Å². The minimum absolute atomic E-state index is 0.164. The average molecular weight is 406 g/mol. The molecule has 0 aromatic heterocycles. The summed E-state index contributed by atoms with van der Waals surface area (Å²) in [5, 5.41) is 20.4. The van der Waals surface area contributed by atoms with Crippen LogP contribution >= 0.6 is 0 Å². The summed E-state index contributed by atoms with van der Waals surface area (Å²) in [6, 6.07) is 15.5. The summed E-state index contributed by atoms with van der Waals surface area (Å²) >= 11 is 0. The summed E-state index contributed by atoms with van der Waals surface area (Å²) in [6.45, 7) is 2.42. The van der Waals surface area contributed by atoms with Gasteiger partial charge in [-0.05, 0) is 65.8 Å². The lowest BCUT2D eigenvalue weighted by molar-refractivity contribution is 0.147. The second-order valence-corrected chi connectivity index (χ2v) is 8.10. The van der Waals surface area contributed by atoms with E-state index in [1.54, 1.807) is 12.3 Å². The number of hydrogen-bond donors (Lipinski definition) is 3. The van der Waals surface area contributed by atoms with E-state index in [9.17, 15) is 10.0 Å². The molecule has 2 aromatic rings. The lowest BCUT2D eigenvalue weighted by Crippen LogP contribution is -2.34. The molecule has 2 unspecified atom stereocenters. The highest BCUT2D eigenvalue weighted by molar-refractivity contribution is 5.41. The molecule has 1 saturated heterocycles. The third-order valence-corrected chi connectivity index (χ3v) is 6.20. The number of benzene rings is 2. The fourth-order valence-electron chi connectivity index (χ4n) is 4.56. The number of aliphatic hydroxyl groups is 1. The Morgan fingerprint density at radius 2 is 2.00 bits per heavy atom. The first-order valence-electron chi connectivity index (χ1n) is 10.4. The van der Waals surface area contributed by atoms with Crippen LogP contribution in [0.15, 0.2) is 70.7 Å². The SMILES string of the molecule is N=N/C(=C\NC1c2ccccc2CC1O)CN1CCC(c2cccc(N=O)c2)CC1. The number of hydrogen-bond acceptors (Lipinski definition) is 7. The van der Waals surface area contributed by atoms with E-state index in [2.05, 4.69) is 26.6 Å². The Morgan fingerprint density at radius 3 is 2.77 bits per heavy atom. The molecule has 0 amide bonds. The van der Waals surface area contributed by atoms with E-state index in [1.165, 1.54) is 5.56 Å². The predicted molar refractivity (Wildman–Crippen MR) is 116 cm³/mol. The Labute approximate surface area is 176 Å². The van der Waals surface area contributed by atoms with E-state index in [0.717, 1.165) is 37.1 Å². The molecule has 2 atom stereocenters. The van der Waals surface area contributed by atoms with Gasteiger partial charge in [-0.1, -0.05) is 36.4 Å². The lowest BCUT2D eigenvalue weighted by atomic mass is 9.89. The standard InChI is InChI=1S/C23H27N5O2/c24-26-20(14-25-23-21-7-2-1-4-18(21)13-22(23)29)15-28-10-8-16(9-11-28)17-5-3-6-19(12-17)27-30/h1-7,12,14,16,22-25,29H,8-11,13,15H2/b20-14-,26-24?. The Kier molecular flexibility index (Phi) is 6.30. The molecule has 7 nitrogen and oxygen atoms in total. The molecule has 0 spiro atoms. The smallest absolute Gasteiger partial charge is 0.108 e. The van der Waals surface area contributed by atoms with Crippen LogP contribution in [0, 0.1) is 10.4 Å². The van der Waals surface area contributed by atoms with Gasteiger partial charge in [-0.15, -0.1) is 4.91 Å². The fraction of sp³-hybridized carbons (Fsp3) is 0.391. The first-order valence-corrected chi connectivity index (χ1v) is 10.4. The van der Waals surface area contributed by atoms with E-state index >= 15 is 0 Å². The van der Waals surface area contributed by atoms with Crippen molar-refractivity contribution >= 4 is 5.69 Å². The molecule has 4 rings (SSSR count). The van der Waals surface area contributed by atoms with Gasteiger partial charge < -0.3 is 10.4 Å². The van der Waals surface area contributed by atoms with Gasteiger partial charge in [0.05, 0.1) is 17.8 Å². The zero-order valence-electron chi connectivity index (χ0n) is 16.9. The molecule has 2 aliphatic rings. The van der Waals surface area contributed by atoms with Crippen molar-refractivity contribution in [2.24, 2.45) is 10.3 Å². The molecule has 156 valence electrons. The van der Waals surface area contributed by atoms with E-state index in [0.29, 0.717) is 30.3 Å². The number of likely N-dealkylation sites (tertiary alicyclic amines) is 1. The summed E-state index contributed by atoms with van der Waals surface area (Å²) in [6.07, 6.45) is 3.93. The quantitative estimate of drug-likeness (QED) is 0.470. The Hall–Kier alpha value is -2.90. The zero-order chi connectivity index (χ0) is 20.9. The highest BCUT2D eigenvalue weighted by atomic mass is 16.3. The molecule has 1 fully saturated rings. The van der Waals surface area contributed by atoms with Crippen molar-refractivity contribution in [3.63, 3.8) is 0 Å². The van der Waals surface area contributed by atoms with Crippen LogP contribution in [0.1, 0.15) is 41.5 Å². The molecular formula is C23H27N5O2. The molecule has 30 heavy (non-hydrogen) atoms. The van der Waals surface area contributed by atoms with Gasteiger partial charge in [-0.2, -0.15) is 5.11 Å². The van der Waals surface area contributed by atoms with Crippen molar-refractivity contribution in [1.29, 1.82) is 5.53 Å². The molecule has 1 heterocycles. The van der Waals surface area contributed by atoms with Gasteiger partial charge in [0.2, 0.25) is 0 Å². The minimum Gasteiger partial charge on any atom is -0.390 e. The Morgan fingerprint density at radius 1 is 1.20 bits per heavy atom. The predicted octanol–water partition coefficient (Wildman–Crippen LogP) is 4.38. The topological polar surface area (TPSA) is 101 Å². The third kappa shape index (κ3) is 4.47. The van der Waals surface area contributed by atoms with E-state index in [4.69, 9.17) is 5.53 Å². The van der Waals surface area contributed by atoms with E-state index in [1.807, 2.05) is 36.4 Å². The first kappa shape index (κ1) is 20.4. The van der Waals surface area contributed by atoms with Crippen molar-refractivity contribution in [3.05, 3.63) is 82.0 Å². The normalized spacial score (nSPS) is 22.5. The maximum atomic E-state index is 10.8. The van der Waals surface area contributed by atoms with Gasteiger partial charge in [0, 0.05) is 19.2 Å². The van der Waals surface area contributed by atoms with Gasteiger partial charge in [-0.3, -0.25) is 4.90 Å². The summed E-state index contributed by atoms with van der Waals surface area (Å²) in [5.41, 5.74) is 12.1. The third-order valence-electron chi connectivity index (χ3n) is 6.20. The molecule has 0 saturated carbocycles. The minimum atomic E-state index is -0.474. The van der Waals surface area contributed by atoms with Gasteiger partial charge >= 0.3 is 0 Å². The molecular weight excluding hydrogens is 378 g/mol. The van der Waals surface area contributed by atoms with Crippen molar-refractivity contribution in [3.8, 4) is 0 Å². The summed E-state index contributed by atoms with van der Waals surface area (Å²) in [5.74, 6) is 0.423. The zero-order valence-corrected chi connectivity index (χ0v) is 16.9. The fourth-order valence-corrected chi connectivity index (χ4v) is 4.56. The largest absolute Gasteiger partial charge is 0.390 e. The lowest BCUT2D eigenvalue weighted by Gasteiger charge is -2.32. The van der Waals surface area contributed by atoms with Crippen molar-refractivity contribution in [2.75, 3.05) is 19.6 Å². The van der Waals surface area contributed by atoms with Crippen LogP contribution in [-0.2, 0) is 6.42 Å². The second-order valence-electron chi connectivity index (χ2n) is 8.10. The van der Waals surface area contributed by atoms with E-state index in [-0.39, 0.29) is 6.04 Å². The van der Waals surface area contributed by atoms with Crippen LogP contribution in [-0.4, -0.2) is 35.7 Å². The van der Waals surface area contributed by atoms with Gasteiger partial charge in [-0.25, -0.2) is 5.53 Å². The van der Waals surface area contributed by atoms with Gasteiger partial charge in [0.15, 0.2) is 0 Å². The second kappa shape index (κ2) is 9.28. The first-order chi connectivity index (χ1) is 14.7. The Balaban J connectivity index is 1.33. The van der Waals surface area contributed by atoms with E-state index < -0.39 is 6.10 Å². The highest BCUT2D eigenvalue weighted by Gasteiger charge is 2.30. The number of nitrogens with zero attached hydrogens (tertiary/aromatic N) is 3. The molecule has 7 heteroatoms. The molecule has 0 radical (unpaired) electrons. The number of rotatable bonds is 7. The average Bonchev–Trinajstić information content (AvgIpc) is 3.12. The highest BCUT2D eigenvalue weighted by Crippen LogP contribution is 2.32. The molecule has 2 aromatic carbocycles. The summed E-state index contributed by atoms with van der Waals surface area (Å²) in [7, 11) is 0. The molecule has 1 aliphatic heterocycles.